The first-order chi connectivity index (χ1) is 15.0. The maximum absolute atomic E-state index is 12.7. The van der Waals surface area contributed by atoms with Crippen LogP contribution in [0.15, 0.2) is 30.5 Å². The monoisotopic (exact) mass is 421 g/mol. The smallest absolute Gasteiger partial charge is 0.291 e. The summed E-state index contributed by atoms with van der Waals surface area (Å²) in [6.07, 6.45) is 8.59. The van der Waals surface area contributed by atoms with E-state index in [0.29, 0.717) is 24.3 Å². The van der Waals surface area contributed by atoms with Crippen LogP contribution in [0.1, 0.15) is 66.2 Å². The van der Waals surface area contributed by atoms with E-state index in [1.54, 1.807) is 13.2 Å². The van der Waals surface area contributed by atoms with Crippen molar-refractivity contribution in [2.45, 2.75) is 44.4 Å². The second kappa shape index (κ2) is 8.75. The maximum Gasteiger partial charge on any atom is 0.291 e. The quantitative estimate of drug-likeness (QED) is 0.641. The molecule has 1 aromatic heterocycles. The van der Waals surface area contributed by atoms with Crippen molar-refractivity contribution in [2.24, 2.45) is 0 Å². The summed E-state index contributed by atoms with van der Waals surface area (Å²) in [5, 5.41) is 5.89. The second-order valence-electron chi connectivity index (χ2n) is 8.08. The van der Waals surface area contributed by atoms with Gasteiger partial charge in [0.2, 0.25) is 11.8 Å². The van der Waals surface area contributed by atoms with Gasteiger partial charge in [-0.2, -0.15) is 0 Å². The fourth-order valence-corrected chi connectivity index (χ4v) is 4.16. The van der Waals surface area contributed by atoms with E-state index < -0.39 is 0 Å². The van der Waals surface area contributed by atoms with E-state index in [0.717, 1.165) is 36.8 Å². The zero-order valence-electron chi connectivity index (χ0n) is 17.8. The van der Waals surface area contributed by atoms with Crippen LogP contribution in [-0.2, 0) is 9.59 Å². The molecule has 1 fully saturated rings. The van der Waals surface area contributed by atoms with Gasteiger partial charge < -0.3 is 15.6 Å². The van der Waals surface area contributed by atoms with Gasteiger partial charge >= 0.3 is 0 Å². The fourth-order valence-electron chi connectivity index (χ4n) is 4.16. The van der Waals surface area contributed by atoms with Crippen LogP contribution in [0.5, 0.6) is 0 Å². The van der Waals surface area contributed by atoms with Crippen molar-refractivity contribution in [3.63, 3.8) is 0 Å². The molecule has 8 heteroatoms. The Bertz CT molecular complexity index is 1040. The number of hydrogen-bond donors (Lipinski definition) is 3. The molecule has 31 heavy (non-hydrogen) atoms. The molecule has 2 aliphatic rings. The topological polar surface area (TPSA) is 107 Å². The van der Waals surface area contributed by atoms with E-state index in [2.05, 4.69) is 26.7 Å². The lowest BCUT2D eigenvalue weighted by Gasteiger charge is -2.28. The highest BCUT2D eigenvalue weighted by atomic mass is 16.2. The highest BCUT2D eigenvalue weighted by Crippen LogP contribution is 2.36. The molecule has 3 N–H and O–H groups in total. The van der Waals surface area contributed by atoms with Gasteiger partial charge in [-0.3, -0.25) is 19.3 Å². The van der Waals surface area contributed by atoms with Crippen LogP contribution in [0, 0.1) is 0 Å². The molecule has 0 atom stereocenters. The predicted octanol–water partition coefficient (Wildman–Crippen LogP) is 3.52. The molecule has 8 nitrogen and oxygen atoms in total. The third-order valence-electron chi connectivity index (χ3n) is 6.05. The molecule has 1 aliphatic carbocycles. The predicted molar refractivity (Wildman–Crippen MR) is 119 cm³/mol. The van der Waals surface area contributed by atoms with Crippen molar-refractivity contribution < 1.29 is 14.4 Å². The van der Waals surface area contributed by atoms with Gasteiger partial charge in [0.15, 0.2) is 5.82 Å². The van der Waals surface area contributed by atoms with Crippen molar-refractivity contribution >= 4 is 34.8 Å². The summed E-state index contributed by atoms with van der Waals surface area (Å²) in [5.74, 6) is 0.102. The van der Waals surface area contributed by atoms with Crippen molar-refractivity contribution in [1.82, 2.24) is 14.9 Å². The third-order valence-corrected chi connectivity index (χ3v) is 6.05. The van der Waals surface area contributed by atoms with E-state index in [-0.39, 0.29) is 29.5 Å². The second-order valence-corrected chi connectivity index (χ2v) is 8.08. The molecular weight excluding hydrogens is 394 g/mol. The molecule has 1 aromatic carbocycles. The number of rotatable bonds is 5. The molecule has 1 aliphatic heterocycles. The van der Waals surface area contributed by atoms with Crippen LogP contribution < -0.4 is 10.6 Å². The van der Waals surface area contributed by atoms with Crippen molar-refractivity contribution in [3.05, 3.63) is 47.4 Å². The summed E-state index contributed by atoms with van der Waals surface area (Å²) >= 11 is 0. The number of imidazole rings is 1. The number of imide groups is 1. The van der Waals surface area contributed by atoms with Crippen LogP contribution in [0.3, 0.4) is 0 Å². The zero-order valence-corrected chi connectivity index (χ0v) is 17.8. The Kier molecular flexibility index (Phi) is 5.88. The van der Waals surface area contributed by atoms with Crippen LogP contribution in [0.25, 0.3) is 5.57 Å². The Balaban J connectivity index is 1.65. The molecule has 0 saturated carbocycles. The Morgan fingerprint density at radius 2 is 1.97 bits per heavy atom. The molecule has 0 radical (unpaired) electrons. The Labute approximate surface area is 181 Å². The molecule has 0 spiro atoms. The number of nitrogens with zero attached hydrogens (tertiary/aromatic N) is 2. The minimum Gasteiger partial charge on any atom is -0.373 e. The van der Waals surface area contributed by atoms with E-state index in [1.807, 2.05) is 18.2 Å². The highest BCUT2D eigenvalue weighted by molar-refractivity contribution is 6.03. The van der Waals surface area contributed by atoms with Gasteiger partial charge in [-0.15, -0.1) is 0 Å². The zero-order chi connectivity index (χ0) is 22.0. The number of anilines is 2. The molecule has 4 rings (SSSR count). The van der Waals surface area contributed by atoms with E-state index in [9.17, 15) is 14.4 Å². The van der Waals surface area contributed by atoms with Crippen LogP contribution >= 0.6 is 0 Å². The molecule has 0 bridgehead atoms. The summed E-state index contributed by atoms with van der Waals surface area (Å²) in [7, 11) is 3.28. The average molecular weight is 422 g/mol. The number of piperidine rings is 1. The number of nitrogens with one attached hydrogen (secondary N) is 3. The van der Waals surface area contributed by atoms with Gasteiger partial charge in [-0.05, 0) is 49.0 Å². The Hall–Kier alpha value is -3.42. The largest absolute Gasteiger partial charge is 0.373 e. The van der Waals surface area contributed by atoms with Gasteiger partial charge in [-0.1, -0.05) is 12.1 Å². The first-order valence-corrected chi connectivity index (χ1v) is 10.6. The normalized spacial score (nSPS) is 17.5. The lowest BCUT2D eigenvalue weighted by molar-refractivity contribution is -0.146. The number of allylic oxidation sites excluding steroid dienone is 2. The molecule has 2 aromatic rings. The molecule has 1 saturated heterocycles. The summed E-state index contributed by atoms with van der Waals surface area (Å²) in [4.78, 5) is 45.4. The van der Waals surface area contributed by atoms with E-state index >= 15 is 0 Å². The molecule has 2 heterocycles. The minimum absolute atomic E-state index is 0.146. The van der Waals surface area contributed by atoms with Crippen molar-refractivity contribution in [1.29, 1.82) is 0 Å². The van der Waals surface area contributed by atoms with Gasteiger partial charge in [-0.25, -0.2) is 4.98 Å². The van der Waals surface area contributed by atoms with Crippen molar-refractivity contribution in [3.8, 4) is 0 Å². The number of hydrogen-bond acceptors (Lipinski definition) is 5. The van der Waals surface area contributed by atoms with E-state index in [4.69, 9.17) is 0 Å². The van der Waals surface area contributed by atoms with Crippen LogP contribution in [-0.4, -0.2) is 46.7 Å². The minimum atomic E-state index is -0.323. The maximum atomic E-state index is 12.7. The first kappa shape index (κ1) is 20.8. The van der Waals surface area contributed by atoms with Gasteiger partial charge in [0.1, 0.15) is 5.82 Å². The lowest BCUT2D eigenvalue weighted by atomic mass is 9.85. The third kappa shape index (κ3) is 4.38. The van der Waals surface area contributed by atoms with Gasteiger partial charge in [0.25, 0.3) is 5.91 Å². The number of H-pyrrole nitrogens is 1. The SMILES string of the molecule is CNc1cnc(C(=O)Nc2ccc(C3CC(=O)N(C)C(=O)C3)cc2C2=CCCCC2)[nH]1. The lowest BCUT2D eigenvalue weighted by Crippen LogP contribution is -2.39. The summed E-state index contributed by atoms with van der Waals surface area (Å²) < 4.78 is 0. The number of aromatic nitrogens is 2. The summed E-state index contributed by atoms with van der Waals surface area (Å²) in [6, 6.07) is 5.80. The number of benzene rings is 1. The summed E-state index contributed by atoms with van der Waals surface area (Å²) in [6.45, 7) is 0. The Morgan fingerprint density at radius 1 is 1.19 bits per heavy atom. The van der Waals surface area contributed by atoms with E-state index in [1.165, 1.54) is 17.5 Å². The number of carbonyl (C=O) groups is 3. The molecule has 162 valence electrons. The van der Waals surface area contributed by atoms with Crippen molar-refractivity contribution in [2.75, 3.05) is 24.7 Å². The first-order valence-electron chi connectivity index (χ1n) is 10.6. The fraction of sp³-hybridized carbons (Fsp3) is 0.391. The molecule has 0 unspecified atom stereocenters. The van der Waals surface area contributed by atoms with Gasteiger partial charge in [0, 0.05) is 44.1 Å². The highest BCUT2D eigenvalue weighted by Gasteiger charge is 2.31. The summed E-state index contributed by atoms with van der Waals surface area (Å²) in [5.41, 5.74) is 3.79. The van der Waals surface area contributed by atoms with Gasteiger partial charge in [0.05, 0.1) is 6.20 Å². The van der Waals surface area contributed by atoms with Crippen LogP contribution in [0.2, 0.25) is 0 Å². The average Bonchev–Trinajstić information content (AvgIpc) is 3.27. The Morgan fingerprint density at radius 3 is 2.61 bits per heavy atom. The number of aromatic amines is 1. The number of amides is 3. The molecule has 3 amide bonds. The number of likely N-dealkylation sites (tertiary alicyclic amines) is 1. The molecular formula is C23H27N5O3. The standard InChI is InChI=1S/C23H27N5O3/c1-24-19-13-25-22(27-19)23(31)26-18-9-8-15(10-17(18)14-6-4-3-5-7-14)16-11-20(29)28(2)21(30)12-16/h6,8-10,13,16,24H,3-5,7,11-12H2,1-2H3,(H,25,27)(H,26,31). The number of carbonyl (C=O) groups excluding carboxylic acids is 3. The van der Waals surface area contributed by atoms with Crippen LogP contribution in [0.4, 0.5) is 11.5 Å².